The van der Waals surface area contributed by atoms with Crippen LogP contribution in [0.2, 0.25) is 5.02 Å². The second-order valence-electron chi connectivity index (χ2n) is 11.0. The number of anilines is 2. The zero-order valence-corrected chi connectivity index (χ0v) is 24.8. The first-order valence-electron chi connectivity index (χ1n) is 13.9. The monoisotopic (exact) mass is 610 g/mol. The molecule has 3 heterocycles. The van der Waals surface area contributed by atoms with E-state index in [0.29, 0.717) is 34.5 Å². The van der Waals surface area contributed by atoms with Crippen molar-refractivity contribution < 1.29 is 17.5 Å². The number of aromatic nitrogens is 3. The molecule has 42 heavy (non-hydrogen) atoms. The van der Waals surface area contributed by atoms with Gasteiger partial charge in [-0.15, -0.1) is 0 Å². The Kier molecular flexibility index (Phi) is 7.69. The lowest BCUT2D eigenvalue weighted by Crippen LogP contribution is -2.50. The first kappa shape index (κ1) is 28.6. The molecule has 1 fully saturated rings. The molecule has 6 rings (SSSR count). The van der Waals surface area contributed by atoms with E-state index in [1.165, 1.54) is 29.8 Å². The minimum absolute atomic E-state index is 0.00873. The third kappa shape index (κ3) is 5.37. The lowest BCUT2D eigenvalue weighted by atomic mass is 9.89. The molecule has 4 aromatic rings. The Morgan fingerprint density at radius 3 is 2.60 bits per heavy atom. The smallest absolute Gasteiger partial charge is 0.263 e. The minimum Gasteiger partial charge on any atom is -0.383 e. The van der Waals surface area contributed by atoms with Crippen molar-refractivity contribution in [3.8, 4) is 11.3 Å². The summed E-state index contributed by atoms with van der Waals surface area (Å²) in [6.07, 6.45) is 6.82. The van der Waals surface area contributed by atoms with E-state index < -0.39 is 15.8 Å². The van der Waals surface area contributed by atoms with Gasteiger partial charge in [0, 0.05) is 29.4 Å². The maximum absolute atomic E-state index is 15.4. The molecule has 1 saturated heterocycles. The summed E-state index contributed by atoms with van der Waals surface area (Å²) >= 11 is 6.07. The summed E-state index contributed by atoms with van der Waals surface area (Å²) in [5.41, 5.74) is 10.1. The van der Waals surface area contributed by atoms with Crippen LogP contribution in [-0.2, 0) is 14.8 Å². The SMILES string of the molecule is CC(C)n1nc(-c2ccc(NS(=O)(=O)c3ccccc3Cl)c(F)c2)c2c(N)ncc(C3=CC[C@@H](NC4COC4)CC3)c21. The highest BCUT2D eigenvalue weighted by Gasteiger charge is 2.27. The number of hydrogen-bond acceptors (Lipinski definition) is 7. The Balaban J connectivity index is 1.36. The number of nitrogens with one attached hydrogen (secondary N) is 2. The van der Waals surface area contributed by atoms with Gasteiger partial charge < -0.3 is 15.8 Å². The number of hydrogen-bond donors (Lipinski definition) is 3. The van der Waals surface area contributed by atoms with E-state index in [9.17, 15) is 8.42 Å². The molecule has 0 spiro atoms. The van der Waals surface area contributed by atoms with E-state index in [0.717, 1.165) is 43.6 Å². The topological polar surface area (TPSA) is 124 Å². The fourth-order valence-electron chi connectivity index (χ4n) is 5.51. The van der Waals surface area contributed by atoms with Crippen molar-refractivity contribution in [2.75, 3.05) is 23.7 Å². The van der Waals surface area contributed by atoms with Gasteiger partial charge in [-0.25, -0.2) is 17.8 Å². The molecule has 1 aliphatic carbocycles. The fourth-order valence-corrected chi connectivity index (χ4v) is 7.10. The van der Waals surface area contributed by atoms with E-state index in [1.54, 1.807) is 24.4 Å². The summed E-state index contributed by atoms with van der Waals surface area (Å²) in [6, 6.07) is 11.1. The maximum Gasteiger partial charge on any atom is 0.263 e. The lowest BCUT2D eigenvalue weighted by molar-refractivity contribution is -0.0103. The van der Waals surface area contributed by atoms with Gasteiger partial charge in [0.1, 0.15) is 22.2 Å². The molecule has 0 amide bonds. The summed E-state index contributed by atoms with van der Waals surface area (Å²) in [6.45, 7) is 5.58. The van der Waals surface area contributed by atoms with Gasteiger partial charge >= 0.3 is 0 Å². The van der Waals surface area contributed by atoms with Crippen LogP contribution >= 0.6 is 11.6 Å². The van der Waals surface area contributed by atoms with Crippen LogP contribution in [0.25, 0.3) is 27.7 Å². The standard InChI is InChI=1S/C30H32ClFN6O3S/c1-17(2)38-29-22(18-7-10-20(11-8-18)35-21-15-41-16-21)14-34-30(33)27(29)28(36-38)19-9-12-25(24(32)13-19)37-42(39,40)26-6-4-3-5-23(26)31/h3-7,9,12-14,17,20-21,35,37H,8,10-11,15-16H2,1-2H3,(H2,33,34)/t20-/m1/s1. The Hall–Kier alpha value is -3.51. The molecule has 1 aliphatic heterocycles. The quantitative estimate of drug-likeness (QED) is 0.231. The number of benzene rings is 2. The molecule has 220 valence electrons. The second kappa shape index (κ2) is 11.3. The van der Waals surface area contributed by atoms with Crippen molar-refractivity contribution in [1.82, 2.24) is 20.1 Å². The molecule has 1 atom stereocenters. The number of allylic oxidation sites excluding steroid dienone is 1. The molecule has 0 unspecified atom stereocenters. The van der Waals surface area contributed by atoms with Crippen molar-refractivity contribution >= 4 is 49.6 Å². The van der Waals surface area contributed by atoms with Crippen LogP contribution in [0.3, 0.4) is 0 Å². The van der Waals surface area contributed by atoms with Crippen molar-refractivity contribution in [3.05, 3.63) is 71.1 Å². The summed E-state index contributed by atoms with van der Waals surface area (Å²) in [5, 5.41) is 9.21. The lowest BCUT2D eigenvalue weighted by Gasteiger charge is -2.33. The van der Waals surface area contributed by atoms with Crippen LogP contribution in [0.15, 0.2) is 59.6 Å². The van der Waals surface area contributed by atoms with E-state index in [4.69, 9.17) is 27.2 Å². The first-order valence-corrected chi connectivity index (χ1v) is 15.8. The van der Waals surface area contributed by atoms with Crippen LogP contribution in [0.4, 0.5) is 15.9 Å². The Bertz CT molecular complexity index is 1800. The van der Waals surface area contributed by atoms with E-state index >= 15 is 4.39 Å². The molecule has 2 aromatic heterocycles. The van der Waals surface area contributed by atoms with Crippen molar-refractivity contribution in [2.24, 2.45) is 0 Å². The number of pyridine rings is 1. The third-order valence-electron chi connectivity index (χ3n) is 7.72. The third-order valence-corrected chi connectivity index (χ3v) is 9.59. The average Bonchev–Trinajstić information content (AvgIpc) is 3.35. The highest BCUT2D eigenvalue weighted by Crippen LogP contribution is 2.40. The predicted octanol–water partition coefficient (Wildman–Crippen LogP) is 5.78. The number of nitrogens with zero attached hydrogens (tertiary/aromatic N) is 3. The molecule has 2 aromatic carbocycles. The maximum atomic E-state index is 15.4. The molecule has 9 nitrogen and oxygen atoms in total. The van der Waals surface area contributed by atoms with Crippen LogP contribution in [0.1, 0.15) is 44.7 Å². The second-order valence-corrected chi connectivity index (χ2v) is 13.1. The van der Waals surface area contributed by atoms with E-state index in [1.807, 2.05) is 18.5 Å². The van der Waals surface area contributed by atoms with Gasteiger partial charge in [-0.2, -0.15) is 5.10 Å². The summed E-state index contributed by atoms with van der Waals surface area (Å²) in [7, 11) is -4.11. The average molecular weight is 611 g/mol. The highest BCUT2D eigenvalue weighted by molar-refractivity contribution is 7.92. The summed E-state index contributed by atoms with van der Waals surface area (Å²) in [4.78, 5) is 4.38. The van der Waals surface area contributed by atoms with Gasteiger partial charge in [0.2, 0.25) is 0 Å². The van der Waals surface area contributed by atoms with E-state index in [2.05, 4.69) is 21.1 Å². The number of nitrogen functional groups attached to an aromatic ring is 1. The normalized spacial score (nSPS) is 17.8. The molecule has 0 bridgehead atoms. The van der Waals surface area contributed by atoms with Gasteiger partial charge in [-0.05, 0) is 62.9 Å². The van der Waals surface area contributed by atoms with Gasteiger partial charge in [0.15, 0.2) is 0 Å². The molecular weight excluding hydrogens is 579 g/mol. The Morgan fingerprint density at radius 2 is 1.95 bits per heavy atom. The zero-order valence-electron chi connectivity index (χ0n) is 23.3. The van der Waals surface area contributed by atoms with Crippen LogP contribution in [0, 0.1) is 5.82 Å². The molecule has 12 heteroatoms. The molecular formula is C30H32ClFN6O3S. The molecule has 0 radical (unpaired) electrons. The Morgan fingerprint density at radius 1 is 1.17 bits per heavy atom. The first-order chi connectivity index (χ1) is 20.1. The van der Waals surface area contributed by atoms with Crippen LogP contribution < -0.4 is 15.8 Å². The van der Waals surface area contributed by atoms with Gasteiger partial charge in [0.25, 0.3) is 10.0 Å². The summed E-state index contributed by atoms with van der Waals surface area (Å²) in [5.74, 6) is -0.469. The molecule has 0 saturated carbocycles. The van der Waals surface area contributed by atoms with Crippen molar-refractivity contribution in [1.29, 1.82) is 0 Å². The highest BCUT2D eigenvalue weighted by atomic mass is 35.5. The van der Waals surface area contributed by atoms with Crippen molar-refractivity contribution in [2.45, 2.75) is 56.1 Å². The van der Waals surface area contributed by atoms with Crippen LogP contribution in [-0.4, -0.2) is 48.5 Å². The Labute approximate surface area is 249 Å². The molecule has 4 N–H and O–H groups in total. The molecule has 2 aliphatic rings. The predicted molar refractivity (Wildman–Crippen MR) is 163 cm³/mol. The van der Waals surface area contributed by atoms with Gasteiger partial charge in [-0.1, -0.05) is 35.9 Å². The van der Waals surface area contributed by atoms with Gasteiger partial charge in [0.05, 0.1) is 40.9 Å². The number of fused-ring (bicyclic) bond motifs is 1. The number of halogens is 2. The summed E-state index contributed by atoms with van der Waals surface area (Å²) < 4.78 is 50.7. The van der Waals surface area contributed by atoms with Crippen LogP contribution in [0.5, 0.6) is 0 Å². The minimum atomic E-state index is -4.11. The van der Waals surface area contributed by atoms with Crippen molar-refractivity contribution in [3.63, 3.8) is 0 Å². The largest absolute Gasteiger partial charge is 0.383 e. The zero-order chi connectivity index (χ0) is 29.6. The van der Waals surface area contributed by atoms with Gasteiger partial charge in [-0.3, -0.25) is 9.40 Å². The fraction of sp³-hybridized carbons (Fsp3) is 0.333. The van der Waals surface area contributed by atoms with E-state index in [-0.39, 0.29) is 21.6 Å². The number of nitrogens with two attached hydrogens (primary N) is 1. The number of ether oxygens (including phenoxy) is 1. The number of sulfonamides is 1. The number of rotatable bonds is 8.